The largest absolute Gasteiger partial charge is 0.493 e. The fourth-order valence-electron chi connectivity index (χ4n) is 4.60. The number of hydrogen-bond donors (Lipinski definition) is 1. The molecule has 1 saturated heterocycles. The van der Waals surface area contributed by atoms with E-state index in [9.17, 15) is 4.39 Å². The van der Waals surface area contributed by atoms with Crippen molar-refractivity contribution in [3.63, 3.8) is 0 Å². The molecule has 2 heterocycles. The number of hydrogen-bond acceptors (Lipinski definition) is 5. The molecule has 0 spiro atoms. The van der Waals surface area contributed by atoms with Crippen LogP contribution in [0.4, 0.5) is 4.39 Å². The molecule has 2 atom stereocenters. The molecule has 0 amide bonds. The molecule has 2 aromatic rings. The fraction of sp³-hybridized carbons (Fsp3) is 0.520. The molecule has 6 heteroatoms. The van der Waals surface area contributed by atoms with Crippen LogP contribution < -0.4 is 14.2 Å². The molecule has 0 aliphatic carbocycles. The second-order valence-electron chi connectivity index (χ2n) is 8.47. The first-order valence-electron chi connectivity index (χ1n) is 11.3. The summed E-state index contributed by atoms with van der Waals surface area (Å²) in [6.45, 7) is 4.21. The third-order valence-electron chi connectivity index (χ3n) is 6.31. The van der Waals surface area contributed by atoms with Crippen LogP contribution in [0.3, 0.4) is 0 Å². The Morgan fingerprint density at radius 1 is 1.00 bits per heavy atom. The molecular weight excluding hydrogens is 397 g/mol. The number of rotatable bonds is 10. The Morgan fingerprint density at radius 2 is 1.81 bits per heavy atom. The van der Waals surface area contributed by atoms with E-state index in [4.69, 9.17) is 19.3 Å². The van der Waals surface area contributed by atoms with Crippen molar-refractivity contribution in [2.75, 3.05) is 39.6 Å². The summed E-state index contributed by atoms with van der Waals surface area (Å²) < 4.78 is 30.5. The second kappa shape index (κ2) is 10.8. The predicted molar refractivity (Wildman–Crippen MR) is 117 cm³/mol. The van der Waals surface area contributed by atoms with Gasteiger partial charge >= 0.3 is 0 Å². The molecule has 0 unspecified atom stereocenters. The average Bonchev–Trinajstić information content (AvgIpc) is 3.26. The first-order valence-corrected chi connectivity index (χ1v) is 11.3. The van der Waals surface area contributed by atoms with E-state index in [2.05, 4.69) is 4.90 Å². The van der Waals surface area contributed by atoms with Crippen molar-refractivity contribution in [3.05, 3.63) is 53.8 Å². The van der Waals surface area contributed by atoms with Gasteiger partial charge < -0.3 is 24.2 Å². The first kappa shape index (κ1) is 21.9. The Morgan fingerprint density at radius 3 is 2.65 bits per heavy atom. The minimum absolute atomic E-state index is 0.197. The zero-order valence-corrected chi connectivity index (χ0v) is 18.0. The van der Waals surface area contributed by atoms with E-state index >= 15 is 0 Å². The summed E-state index contributed by atoms with van der Waals surface area (Å²) in [5.74, 6) is 2.73. The monoisotopic (exact) mass is 429 g/mol. The summed E-state index contributed by atoms with van der Waals surface area (Å²) >= 11 is 0. The molecule has 0 saturated carbocycles. The van der Waals surface area contributed by atoms with Crippen LogP contribution in [-0.2, 0) is 0 Å². The molecule has 4 rings (SSSR count). The fourth-order valence-corrected chi connectivity index (χ4v) is 4.60. The Bertz CT molecular complexity index is 829. The number of nitrogens with zero attached hydrogens (tertiary/aromatic N) is 1. The smallest absolute Gasteiger partial charge is 0.231 e. The topological polar surface area (TPSA) is 51.2 Å². The maximum atomic E-state index is 13.4. The summed E-state index contributed by atoms with van der Waals surface area (Å²) in [5.41, 5.74) is 1.18. The van der Waals surface area contributed by atoms with Gasteiger partial charge in [-0.25, -0.2) is 4.39 Å². The van der Waals surface area contributed by atoms with Crippen LogP contribution in [0.15, 0.2) is 42.5 Å². The number of ether oxygens (including phenoxy) is 3. The molecule has 168 valence electrons. The molecular formula is C25H32FNO4. The average molecular weight is 430 g/mol. The minimum atomic E-state index is -0.197. The Balaban J connectivity index is 1.39. The number of aliphatic hydroxyl groups is 1. The van der Waals surface area contributed by atoms with Crippen molar-refractivity contribution in [1.82, 2.24) is 4.90 Å². The first-order chi connectivity index (χ1) is 15.2. The van der Waals surface area contributed by atoms with Gasteiger partial charge in [0.1, 0.15) is 11.6 Å². The van der Waals surface area contributed by atoms with E-state index in [1.165, 1.54) is 5.56 Å². The number of benzene rings is 2. The highest BCUT2D eigenvalue weighted by Gasteiger charge is 2.31. The third kappa shape index (κ3) is 5.89. The molecule has 2 aromatic carbocycles. The van der Waals surface area contributed by atoms with E-state index in [1.807, 2.05) is 30.3 Å². The van der Waals surface area contributed by atoms with Gasteiger partial charge in [-0.05, 0) is 68.1 Å². The Labute approximate surface area is 183 Å². The van der Waals surface area contributed by atoms with E-state index in [-0.39, 0.29) is 19.2 Å². The quantitative estimate of drug-likeness (QED) is 0.560. The lowest BCUT2D eigenvalue weighted by atomic mass is 9.80. The van der Waals surface area contributed by atoms with Gasteiger partial charge in [-0.15, -0.1) is 0 Å². The lowest BCUT2D eigenvalue weighted by molar-refractivity contribution is 0.109. The van der Waals surface area contributed by atoms with E-state index in [1.54, 1.807) is 12.1 Å². The van der Waals surface area contributed by atoms with Gasteiger partial charge in [0.05, 0.1) is 6.61 Å². The van der Waals surface area contributed by atoms with Gasteiger partial charge in [0.2, 0.25) is 6.79 Å². The zero-order chi connectivity index (χ0) is 21.5. The van der Waals surface area contributed by atoms with Gasteiger partial charge in [-0.3, -0.25) is 0 Å². The standard InChI is InChI=1S/C25H32FNO4/c26-21-7-5-19(6-8-21)23-11-13-27(12-3-1-2-4-14-28)16-20(23)17-29-22-9-10-24-25(15-22)31-18-30-24/h5-10,15,20,23,28H,1-4,11-14,16-18H2/t20-,23-/m0/s1. The summed E-state index contributed by atoms with van der Waals surface area (Å²) in [6, 6.07) is 12.6. The Kier molecular flexibility index (Phi) is 7.65. The summed E-state index contributed by atoms with van der Waals surface area (Å²) in [6.07, 6.45) is 5.31. The number of fused-ring (bicyclic) bond motifs is 1. The zero-order valence-electron chi connectivity index (χ0n) is 18.0. The molecule has 5 nitrogen and oxygen atoms in total. The van der Waals surface area contributed by atoms with E-state index in [0.29, 0.717) is 18.4 Å². The molecule has 2 aliphatic heterocycles. The molecule has 0 bridgehead atoms. The highest BCUT2D eigenvalue weighted by atomic mass is 19.1. The van der Waals surface area contributed by atoms with Crippen molar-refractivity contribution in [3.8, 4) is 17.2 Å². The third-order valence-corrected chi connectivity index (χ3v) is 6.31. The molecule has 1 N–H and O–H groups in total. The number of aliphatic hydroxyl groups excluding tert-OH is 1. The molecule has 1 fully saturated rings. The normalized spacial score (nSPS) is 20.7. The summed E-state index contributed by atoms with van der Waals surface area (Å²) in [4.78, 5) is 2.52. The van der Waals surface area contributed by atoms with Crippen LogP contribution in [0.1, 0.15) is 43.6 Å². The predicted octanol–water partition coefficient (Wildman–Crippen LogP) is 4.59. The summed E-state index contributed by atoms with van der Waals surface area (Å²) in [7, 11) is 0. The lowest BCUT2D eigenvalue weighted by Crippen LogP contribution is -2.42. The molecule has 31 heavy (non-hydrogen) atoms. The van der Waals surface area contributed by atoms with Gasteiger partial charge in [-0.1, -0.05) is 25.0 Å². The van der Waals surface area contributed by atoms with Crippen LogP contribution in [0.25, 0.3) is 0 Å². The van der Waals surface area contributed by atoms with E-state index in [0.717, 1.165) is 69.0 Å². The van der Waals surface area contributed by atoms with Crippen LogP contribution >= 0.6 is 0 Å². The van der Waals surface area contributed by atoms with Crippen molar-refractivity contribution in [2.45, 2.75) is 38.0 Å². The number of likely N-dealkylation sites (tertiary alicyclic amines) is 1. The van der Waals surface area contributed by atoms with Crippen LogP contribution in [0.5, 0.6) is 17.2 Å². The maximum absolute atomic E-state index is 13.4. The van der Waals surface area contributed by atoms with Crippen molar-refractivity contribution in [2.24, 2.45) is 5.92 Å². The van der Waals surface area contributed by atoms with Gasteiger partial charge in [0, 0.05) is 25.1 Å². The van der Waals surface area contributed by atoms with E-state index < -0.39 is 0 Å². The second-order valence-corrected chi connectivity index (χ2v) is 8.47. The highest BCUT2D eigenvalue weighted by Crippen LogP contribution is 2.37. The highest BCUT2D eigenvalue weighted by molar-refractivity contribution is 5.46. The number of halogens is 1. The number of piperidine rings is 1. The number of unbranched alkanes of at least 4 members (excludes halogenated alkanes) is 3. The van der Waals surface area contributed by atoms with Crippen molar-refractivity contribution < 1.29 is 23.7 Å². The SMILES string of the molecule is OCCCCCCN1CC[C@@H](c2ccc(F)cc2)[C@H](COc2ccc3c(c2)OCO3)C1. The van der Waals surface area contributed by atoms with Crippen molar-refractivity contribution in [1.29, 1.82) is 0 Å². The lowest BCUT2D eigenvalue weighted by Gasteiger charge is -2.39. The Hall–Kier alpha value is -2.31. The molecule has 0 aromatic heterocycles. The van der Waals surface area contributed by atoms with Crippen molar-refractivity contribution >= 4 is 0 Å². The van der Waals surface area contributed by atoms with Gasteiger partial charge in [0.25, 0.3) is 0 Å². The van der Waals surface area contributed by atoms with Crippen LogP contribution in [0.2, 0.25) is 0 Å². The van der Waals surface area contributed by atoms with Gasteiger partial charge in [0.15, 0.2) is 11.5 Å². The van der Waals surface area contributed by atoms with Crippen LogP contribution in [0, 0.1) is 11.7 Å². The van der Waals surface area contributed by atoms with Crippen LogP contribution in [-0.4, -0.2) is 49.6 Å². The maximum Gasteiger partial charge on any atom is 0.231 e. The summed E-state index contributed by atoms with van der Waals surface area (Å²) in [5, 5.41) is 8.95. The molecule has 2 aliphatic rings. The minimum Gasteiger partial charge on any atom is -0.493 e. The van der Waals surface area contributed by atoms with Gasteiger partial charge in [-0.2, -0.15) is 0 Å². The molecule has 0 radical (unpaired) electrons.